The molecule has 1 fully saturated rings. The molecular formula is C16H24F2N2O. The van der Waals surface area contributed by atoms with Gasteiger partial charge in [-0.3, -0.25) is 5.84 Å². The summed E-state index contributed by atoms with van der Waals surface area (Å²) in [4.78, 5) is 0. The van der Waals surface area contributed by atoms with Gasteiger partial charge in [0, 0.05) is 12.2 Å². The molecule has 0 amide bonds. The second kappa shape index (κ2) is 6.81. The van der Waals surface area contributed by atoms with Crippen molar-refractivity contribution in [3.05, 3.63) is 35.4 Å². The first-order valence-electron chi connectivity index (χ1n) is 7.58. The zero-order valence-electron chi connectivity index (χ0n) is 12.7. The average molecular weight is 298 g/mol. The van der Waals surface area contributed by atoms with E-state index in [4.69, 9.17) is 10.6 Å². The monoisotopic (exact) mass is 298 g/mol. The maximum atomic E-state index is 14.2. The average Bonchev–Trinajstić information content (AvgIpc) is 2.43. The van der Waals surface area contributed by atoms with Gasteiger partial charge in [-0.25, -0.2) is 14.2 Å². The Morgan fingerprint density at radius 3 is 2.62 bits per heavy atom. The molecule has 0 aromatic heterocycles. The number of benzene rings is 1. The summed E-state index contributed by atoms with van der Waals surface area (Å²) in [7, 11) is 0. The Balaban J connectivity index is 2.45. The topological polar surface area (TPSA) is 47.3 Å². The van der Waals surface area contributed by atoms with E-state index in [1.54, 1.807) is 0 Å². The number of halogens is 2. The van der Waals surface area contributed by atoms with Gasteiger partial charge in [-0.15, -0.1) is 0 Å². The predicted molar refractivity (Wildman–Crippen MR) is 78.4 cm³/mol. The van der Waals surface area contributed by atoms with Gasteiger partial charge < -0.3 is 4.74 Å². The van der Waals surface area contributed by atoms with E-state index in [9.17, 15) is 8.78 Å². The van der Waals surface area contributed by atoms with Gasteiger partial charge in [0.15, 0.2) is 0 Å². The molecule has 0 heterocycles. The molecule has 2 rings (SSSR count). The van der Waals surface area contributed by atoms with Gasteiger partial charge in [0.1, 0.15) is 11.6 Å². The van der Waals surface area contributed by atoms with Crippen LogP contribution in [0.1, 0.15) is 51.1 Å². The summed E-state index contributed by atoms with van der Waals surface area (Å²) < 4.78 is 34.3. The lowest BCUT2D eigenvalue weighted by molar-refractivity contribution is -0.103. The highest BCUT2D eigenvalue weighted by atomic mass is 19.1. The van der Waals surface area contributed by atoms with Gasteiger partial charge in [-0.2, -0.15) is 0 Å². The van der Waals surface area contributed by atoms with E-state index in [-0.39, 0.29) is 5.56 Å². The molecule has 1 saturated carbocycles. The van der Waals surface area contributed by atoms with Crippen LogP contribution in [0.4, 0.5) is 8.78 Å². The van der Waals surface area contributed by atoms with Gasteiger partial charge in [0.2, 0.25) is 0 Å². The molecule has 0 aliphatic heterocycles. The zero-order valence-corrected chi connectivity index (χ0v) is 12.7. The molecule has 0 radical (unpaired) electrons. The lowest BCUT2D eigenvalue weighted by Crippen LogP contribution is -2.51. The molecule has 3 nitrogen and oxygen atoms in total. The Morgan fingerprint density at radius 1 is 1.43 bits per heavy atom. The Bertz CT molecular complexity index is 459. The Kier molecular flexibility index (Phi) is 5.30. The Labute approximate surface area is 124 Å². The molecule has 3 atom stereocenters. The molecule has 5 heteroatoms. The molecule has 0 saturated heterocycles. The minimum atomic E-state index is -0.693. The summed E-state index contributed by atoms with van der Waals surface area (Å²) in [5.74, 6) is 4.94. The second-order valence-electron chi connectivity index (χ2n) is 5.93. The third-order valence-corrected chi connectivity index (χ3v) is 4.40. The van der Waals surface area contributed by atoms with Crippen molar-refractivity contribution in [2.24, 2.45) is 11.8 Å². The standard InChI is InChI=1S/C16H24F2N2O/c1-3-21-16(9-5-6-11(2)10-16)15(20-19)14-12(17)7-4-8-13(14)18/h4,7-8,11,15,20H,3,5-6,9-10,19H2,1-2H3. The number of rotatable bonds is 5. The van der Waals surface area contributed by atoms with Gasteiger partial charge in [0.05, 0.1) is 11.6 Å². The summed E-state index contributed by atoms with van der Waals surface area (Å²) in [6, 6.07) is 3.18. The molecule has 0 bridgehead atoms. The normalized spacial score (nSPS) is 27.6. The van der Waals surface area contributed by atoms with Crippen LogP contribution in [-0.4, -0.2) is 12.2 Å². The fourth-order valence-corrected chi connectivity index (χ4v) is 3.59. The first-order chi connectivity index (χ1) is 10.0. The van der Waals surface area contributed by atoms with Crippen LogP contribution < -0.4 is 11.3 Å². The third kappa shape index (κ3) is 3.25. The summed E-state index contributed by atoms with van der Waals surface area (Å²) in [6.07, 6.45) is 3.55. The van der Waals surface area contributed by atoms with Crippen molar-refractivity contribution in [3.63, 3.8) is 0 Å². The molecule has 1 aliphatic carbocycles. The highest BCUT2D eigenvalue weighted by Gasteiger charge is 2.45. The summed E-state index contributed by atoms with van der Waals surface area (Å²) in [6.45, 7) is 4.52. The van der Waals surface area contributed by atoms with Gasteiger partial charge in [0.25, 0.3) is 0 Å². The highest BCUT2D eigenvalue weighted by Crippen LogP contribution is 2.44. The van der Waals surface area contributed by atoms with Crippen LogP contribution in [0.25, 0.3) is 0 Å². The van der Waals surface area contributed by atoms with Crippen molar-refractivity contribution in [1.82, 2.24) is 5.43 Å². The maximum Gasteiger partial charge on any atom is 0.131 e. The fraction of sp³-hybridized carbons (Fsp3) is 0.625. The maximum absolute atomic E-state index is 14.2. The predicted octanol–water partition coefficient (Wildman–Crippen LogP) is 3.45. The SMILES string of the molecule is CCOC1(C(NN)c2c(F)cccc2F)CCCC(C)C1. The minimum Gasteiger partial charge on any atom is -0.373 e. The van der Waals surface area contributed by atoms with Crippen LogP contribution in [0.3, 0.4) is 0 Å². The quantitative estimate of drug-likeness (QED) is 0.646. The smallest absolute Gasteiger partial charge is 0.131 e. The number of hydrazine groups is 1. The fourth-order valence-electron chi connectivity index (χ4n) is 3.59. The summed E-state index contributed by atoms with van der Waals surface area (Å²) >= 11 is 0. The molecule has 21 heavy (non-hydrogen) atoms. The van der Waals surface area contributed by atoms with Gasteiger partial charge in [-0.05, 0) is 37.8 Å². The van der Waals surface area contributed by atoms with Crippen molar-refractivity contribution in [2.45, 2.75) is 51.2 Å². The van der Waals surface area contributed by atoms with Crippen LogP contribution in [0.5, 0.6) is 0 Å². The first kappa shape index (κ1) is 16.3. The number of nitrogens with two attached hydrogens (primary N) is 1. The summed E-state index contributed by atoms with van der Waals surface area (Å²) in [5, 5.41) is 0. The van der Waals surface area contributed by atoms with Crippen molar-refractivity contribution in [3.8, 4) is 0 Å². The minimum absolute atomic E-state index is 0.0254. The lowest BCUT2D eigenvalue weighted by atomic mass is 9.72. The number of hydrogen-bond acceptors (Lipinski definition) is 3. The van der Waals surface area contributed by atoms with Crippen molar-refractivity contribution < 1.29 is 13.5 Å². The molecule has 0 spiro atoms. The van der Waals surface area contributed by atoms with Crippen molar-refractivity contribution >= 4 is 0 Å². The van der Waals surface area contributed by atoms with E-state index >= 15 is 0 Å². The molecule has 3 unspecified atom stereocenters. The van der Waals surface area contributed by atoms with Crippen LogP contribution >= 0.6 is 0 Å². The Hall–Kier alpha value is -1.04. The van der Waals surface area contributed by atoms with E-state index < -0.39 is 23.3 Å². The van der Waals surface area contributed by atoms with Crippen LogP contribution in [0.15, 0.2) is 18.2 Å². The number of ether oxygens (including phenoxy) is 1. The van der Waals surface area contributed by atoms with E-state index in [0.29, 0.717) is 12.5 Å². The number of hydrogen-bond donors (Lipinski definition) is 2. The van der Waals surface area contributed by atoms with Crippen molar-refractivity contribution in [1.29, 1.82) is 0 Å². The molecule has 118 valence electrons. The Morgan fingerprint density at radius 2 is 2.10 bits per heavy atom. The second-order valence-corrected chi connectivity index (χ2v) is 5.93. The summed E-state index contributed by atoms with van der Waals surface area (Å²) in [5.41, 5.74) is 1.92. The largest absolute Gasteiger partial charge is 0.373 e. The van der Waals surface area contributed by atoms with Gasteiger partial charge in [-0.1, -0.05) is 25.8 Å². The van der Waals surface area contributed by atoms with Crippen LogP contribution in [0, 0.1) is 17.6 Å². The van der Waals surface area contributed by atoms with Crippen LogP contribution in [-0.2, 0) is 4.74 Å². The first-order valence-corrected chi connectivity index (χ1v) is 7.58. The number of nitrogens with one attached hydrogen (secondary N) is 1. The van der Waals surface area contributed by atoms with Crippen LogP contribution in [0.2, 0.25) is 0 Å². The third-order valence-electron chi connectivity index (χ3n) is 4.40. The van der Waals surface area contributed by atoms with E-state index in [1.165, 1.54) is 18.2 Å². The molecule has 3 N–H and O–H groups in total. The lowest BCUT2D eigenvalue weighted by Gasteiger charge is -2.45. The van der Waals surface area contributed by atoms with Gasteiger partial charge >= 0.3 is 0 Å². The van der Waals surface area contributed by atoms with Crippen molar-refractivity contribution in [2.75, 3.05) is 6.61 Å². The van der Waals surface area contributed by atoms with E-state index in [2.05, 4.69) is 12.3 Å². The molecule has 1 aliphatic rings. The molecule has 1 aromatic carbocycles. The van der Waals surface area contributed by atoms with E-state index in [0.717, 1.165) is 25.7 Å². The zero-order chi connectivity index (χ0) is 15.5. The molecular weight excluding hydrogens is 274 g/mol. The van der Waals surface area contributed by atoms with E-state index in [1.807, 2.05) is 6.92 Å². The molecule has 1 aromatic rings. The highest BCUT2D eigenvalue weighted by molar-refractivity contribution is 5.26.